The Labute approximate surface area is 177 Å². The van der Waals surface area contributed by atoms with Crippen molar-refractivity contribution in [2.45, 2.75) is 57.9 Å². The Hall–Kier alpha value is -2.90. The molecule has 0 unspecified atom stereocenters. The Bertz CT molecular complexity index is 826. The molecule has 1 spiro atoms. The van der Waals surface area contributed by atoms with Crippen molar-refractivity contribution in [2.75, 3.05) is 25.0 Å². The number of hydrogen-bond donors (Lipinski definition) is 2. The molecule has 1 aromatic carbocycles. The van der Waals surface area contributed by atoms with Crippen molar-refractivity contribution in [2.24, 2.45) is 0 Å². The van der Waals surface area contributed by atoms with Crippen molar-refractivity contribution >= 4 is 29.4 Å². The number of hydrogen-bond acceptors (Lipinski definition) is 4. The normalized spacial score (nSPS) is 18.1. The molecule has 0 bridgehead atoms. The second-order valence-electron chi connectivity index (χ2n) is 7.92. The first kappa shape index (κ1) is 21.8. The molecule has 0 atom stereocenters. The van der Waals surface area contributed by atoms with E-state index in [1.165, 1.54) is 0 Å². The monoisotopic (exact) mass is 414 g/mol. The molecule has 2 N–H and O–H groups in total. The average Bonchev–Trinajstić information content (AvgIpc) is 2.89. The summed E-state index contributed by atoms with van der Waals surface area (Å²) in [4.78, 5) is 53.1. The third kappa shape index (κ3) is 4.47. The molecule has 1 aliphatic carbocycles. The number of nitrogens with zero attached hydrogens (tertiary/aromatic N) is 2. The van der Waals surface area contributed by atoms with Crippen LogP contribution in [0.15, 0.2) is 24.3 Å². The highest BCUT2D eigenvalue weighted by Crippen LogP contribution is 2.32. The number of carbonyl (C=O) groups is 4. The Morgan fingerprint density at radius 2 is 1.77 bits per heavy atom. The van der Waals surface area contributed by atoms with E-state index in [9.17, 15) is 19.2 Å². The largest absolute Gasteiger partial charge is 0.339 e. The summed E-state index contributed by atoms with van der Waals surface area (Å²) in [6.07, 6.45) is 5.11. The lowest BCUT2D eigenvalue weighted by Crippen LogP contribution is -2.47. The minimum atomic E-state index is -0.857. The zero-order valence-electron chi connectivity index (χ0n) is 17.7. The molecule has 1 aromatic rings. The molecule has 2 fully saturated rings. The van der Waals surface area contributed by atoms with Crippen molar-refractivity contribution in [3.05, 3.63) is 29.8 Å². The predicted molar refractivity (Wildman–Crippen MR) is 113 cm³/mol. The van der Waals surface area contributed by atoms with Gasteiger partial charge in [-0.1, -0.05) is 31.7 Å². The molecule has 8 heteroatoms. The summed E-state index contributed by atoms with van der Waals surface area (Å²) in [6, 6.07) is 6.17. The number of carbonyl (C=O) groups excluding carboxylic acids is 4. The lowest BCUT2D eigenvalue weighted by atomic mass is 9.90. The average molecular weight is 415 g/mol. The van der Waals surface area contributed by atoms with Gasteiger partial charge in [0.25, 0.3) is 11.8 Å². The lowest BCUT2D eigenvalue weighted by Gasteiger charge is -2.24. The Balaban J connectivity index is 1.66. The van der Waals surface area contributed by atoms with E-state index in [1.54, 1.807) is 29.2 Å². The van der Waals surface area contributed by atoms with Crippen molar-refractivity contribution in [1.29, 1.82) is 0 Å². The highest BCUT2D eigenvalue weighted by Gasteiger charge is 2.51. The third-order valence-electron chi connectivity index (χ3n) is 5.95. The molecule has 2 aliphatic rings. The summed E-state index contributed by atoms with van der Waals surface area (Å²) in [5.41, 5.74) is 0.0717. The second kappa shape index (κ2) is 9.28. The molecule has 8 nitrogen and oxygen atoms in total. The van der Waals surface area contributed by atoms with Gasteiger partial charge < -0.3 is 15.5 Å². The molecule has 30 heavy (non-hydrogen) atoms. The molecule has 5 amide bonds. The van der Waals surface area contributed by atoms with Gasteiger partial charge in [-0.3, -0.25) is 19.3 Å². The van der Waals surface area contributed by atoms with Crippen LogP contribution < -0.4 is 10.6 Å². The quantitative estimate of drug-likeness (QED) is 0.699. The smallest absolute Gasteiger partial charge is 0.325 e. The van der Waals surface area contributed by atoms with Crippen LogP contribution in [-0.4, -0.2) is 58.7 Å². The summed E-state index contributed by atoms with van der Waals surface area (Å²) >= 11 is 0. The minimum Gasteiger partial charge on any atom is -0.339 e. The summed E-state index contributed by atoms with van der Waals surface area (Å²) in [7, 11) is 0. The molecule has 162 valence electrons. The van der Waals surface area contributed by atoms with E-state index in [0.29, 0.717) is 37.2 Å². The van der Waals surface area contributed by atoms with E-state index in [1.807, 2.05) is 13.8 Å². The number of urea groups is 1. The molecule has 1 aliphatic heterocycles. The van der Waals surface area contributed by atoms with E-state index < -0.39 is 17.5 Å². The van der Waals surface area contributed by atoms with Gasteiger partial charge in [0.15, 0.2) is 0 Å². The standard InChI is InChI=1S/C22H30N4O4/c1-3-25(4-2)19(28)16-10-9-11-17(14-16)23-18(27)15-26-20(29)22(24-21(26)30)12-7-5-6-8-13-22/h9-11,14H,3-8,12-13,15H2,1-2H3,(H,23,27)(H,24,30). The minimum absolute atomic E-state index is 0.111. The topological polar surface area (TPSA) is 98.8 Å². The van der Waals surface area contributed by atoms with Crippen LogP contribution in [0.3, 0.4) is 0 Å². The molecular weight excluding hydrogens is 384 g/mol. The van der Waals surface area contributed by atoms with Crippen LogP contribution >= 0.6 is 0 Å². The van der Waals surface area contributed by atoms with Crippen LogP contribution in [0.2, 0.25) is 0 Å². The molecule has 0 radical (unpaired) electrons. The fraction of sp³-hybridized carbons (Fsp3) is 0.545. The first-order valence-corrected chi connectivity index (χ1v) is 10.7. The Morgan fingerprint density at radius 3 is 2.40 bits per heavy atom. The van der Waals surface area contributed by atoms with E-state index in [-0.39, 0.29) is 18.4 Å². The van der Waals surface area contributed by atoms with E-state index in [2.05, 4.69) is 10.6 Å². The first-order valence-electron chi connectivity index (χ1n) is 10.7. The number of benzene rings is 1. The number of rotatable bonds is 6. The molecule has 0 aromatic heterocycles. The summed E-state index contributed by atoms with van der Waals surface area (Å²) in [5, 5.41) is 5.54. The van der Waals surface area contributed by atoms with Gasteiger partial charge in [-0.05, 0) is 44.9 Å². The van der Waals surface area contributed by atoms with Crippen LogP contribution in [-0.2, 0) is 9.59 Å². The maximum absolute atomic E-state index is 12.9. The highest BCUT2D eigenvalue weighted by atomic mass is 16.2. The van der Waals surface area contributed by atoms with E-state index in [4.69, 9.17) is 0 Å². The van der Waals surface area contributed by atoms with E-state index >= 15 is 0 Å². The maximum atomic E-state index is 12.9. The van der Waals surface area contributed by atoms with Gasteiger partial charge in [0.1, 0.15) is 12.1 Å². The van der Waals surface area contributed by atoms with Crippen LogP contribution in [0, 0.1) is 0 Å². The summed E-state index contributed by atoms with van der Waals surface area (Å²) in [6.45, 7) is 4.67. The van der Waals surface area contributed by atoms with Crippen LogP contribution in [0.1, 0.15) is 62.7 Å². The lowest BCUT2D eigenvalue weighted by molar-refractivity contribution is -0.134. The number of amides is 5. The number of anilines is 1. The third-order valence-corrected chi connectivity index (χ3v) is 5.95. The summed E-state index contributed by atoms with van der Waals surface area (Å²) < 4.78 is 0. The van der Waals surface area contributed by atoms with Gasteiger partial charge in [0.2, 0.25) is 5.91 Å². The van der Waals surface area contributed by atoms with Gasteiger partial charge in [-0.15, -0.1) is 0 Å². The SMILES string of the molecule is CCN(CC)C(=O)c1cccc(NC(=O)CN2C(=O)NC3(CCCCCC3)C2=O)c1. The summed E-state index contributed by atoms with van der Waals surface area (Å²) in [5.74, 6) is -0.896. The van der Waals surface area contributed by atoms with Crippen LogP contribution in [0.5, 0.6) is 0 Å². The van der Waals surface area contributed by atoms with Crippen molar-refractivity contribution < 1.29 is 19.2 Å². The van der Waals surface area contributed by atoms with Gasteiger partial charge in [0.05, 0.1) is 0 Å². The maximum Gasteiger partial charge on any atom is 0.325 e. The molecule has 1 heterocycles. The Kier molecular flexibility index (Phi) is 6.74. The zero-order valence-corrected chi connectivity index (χ0v) is 17.7. The first-order chi connectivity index (χ1) is 14.4. The second-order valence-corrected chi connectivity index (χ2v) is 7.92. The fourth-order valence-electron chi connectivity index (χ4n) is 4.26. The van der Waals surface area contributed by atoms with Gasteiger partial charge >= 0.3 is 6.03 Å². The molecular formula is C22H30N4O4. The highest BCUT2D eigenvalue weighted by molar-refractivity contribution is 6.10. The predicted octanol–water partition coefficient (Wildman–Crippen LogP) is 2.75. The van der Waals surface area contributed by atoms with Crippen LogP contribution in [0.4, 0.5) is 10.5 Å². The molecule has 3 rings (SSSR count). The number of nitrogens with one attached hydrogen (secondary N) is 2. The fourth-order valence-corrected chi connectivity index (χ4v) is 4.26. The molecule has 1 saturated carbocycles. The number of imide groups is 1. The van der Waals surface area contributed by atoms with Crippen LogP contribution in [0.25, 0.3) is 0 Å². The Morgan fingerprint density at radius 1 is 1.10 bits per heavy atom. The van der Waals surface area contributed by atoms with Crippen molar-refractivity contribution in [1.82, 2.24) is 15.1 Å². The van der Waals surface area contributed by atoms with Crippen molar-refractivity contribution in [3.63, 3.8) is 0 Å². The van der Waals surface area contributed by atoms with Gasteiger partial charge in [0, 0.05) is 24.3 Å². The van der Waals surface area contributed by atoms with Gasteiger partial charge in [-0.2, -0.15) is 0 Å². The molecule has 1 saturated heterocycles. The zero-order chi connectivity index (χ0) is 21.7. The van der Waals surface area contributed by atoms with Crippen molar-refractivity contribution in [3.8, 4) is 0 Å². The van der Waals surface area contributed by atoms with Gasteiger partial charge in [-0.25, -0.2) is 4.79 Å². The van der Waals surface area contributed by atoms with E-state index in [0.717, 1.165) is 30.6 Å².